The lowest BCUT2D eigenvalue weighted by atomic mass is 10.0. The minimum absolute atomic E-state index is 0.0412. The molecule has 2 amide bonds. The fraction of sp³-hybridized carbons (Fsp3) is 0.227. The van der Waals surface area contributed by atoms with E-state index < -0.39 is 11.9 Å². The summed E-state index contributed by atoms with van der Waals surface area (Å²) in [5.41, 5.74) is 1.35. The fourth-order valence-electron chi connectivity index (χ4n) is 3.60. The first-order chi connectivity index (χ1) is 14.1. The van der Waals surface area contributed by atoms with Gasteiger partial charge in [0.15, 0.2) is 5.82 Å². The number of nitrogens with zero attached hydrogens (tertiary/aromatic N) is 3. The largest absolute Gasteiger partial charge is 0.327 e. The second-order valence-electron chi connectivity index (χ2n) is 6.96. The molecule has 0 spiro atoms. The zero-order chi connectivity index (χ0) is 20.2. The Bertz CT molecular complexity index is 1000. The minimum Gasteiger partial charge on any atom is -0.327 e. The number of hydrogen-bond donors (Lipinski definition) is 1. The third-order valence-corrected chi connectivity index (χ3v) is 5.00. The zero-order valence-electron chi connectivity index (χ0n) is 15.8. The van der Waals surface area contributed by atoms with Crippen LogP contribution in [0.3, 0.4) is 0 Å². The van der Waals surface area contributed by atoms with Crippen molar-refractivity contribution in [1.29, 1.82) is 0 Å². The number of nitrogens with one attached hydrogen (secondary N) is 1. The van der Waals surface area contributed by atoms with Crippen LogP contribution in [-0.2, 0) is 9.59 Å². The lowest BCUT2D eigenvalue weighted by Crippen LogP contribution is -2.43. The van der Waals surface area contributed by atoms with E-state index in [0.29, 0.717) is 24.3 Å². The van der Waals surface area contributed by atoms with E-state index >= 15 is 0 Å². The van der Waals surface area contributed by atoms with Crippen LogP contribution >= 0.6 is 0 Å². The molecular weight excluding hydrogens is 371 g/mol. The second kappa shape index (κ2) is 8.26. The highest BCUT2D eigenvalue weighted by atomic mass is 19.1. The van der Waals surface area contributed by atoms with Crippen LogP contribution in [0.2, 0.25) is 0 Å². The first-order valence-corrected chi connectivity index (χ1v) is 9.58. The third-order valence-electron chi connectivity index (χ3n) is 5.00. The maximum absolute atomic E-state index is 14.5. The molecule has 2 heterocycles. The molecule has 1 saturated heterocycles. The molecule has 1 aliphatic heterocycles. The van der Waals surface area contributed by atoms with Crippen LogP contribution in [0.1, 0.15) is 30.9 Å². The first kappa shape index (κ1) is 18.9. The average Bonchev–Trinajstić information content (AvgIpc) is 3.25. The van der Waals surface area contributed by atoms with Gasteiger partial charge >= 0.3 is 0 Å². The summed E-state index contributed by atoms with van der Waals surface area (Å²) in [5.74, 6) is -0.907. The molecule has 1 N–H and O–H groups in total. The second-order valence-corrected chi connectivity index (χ2v) is 6.96. The van der Waals surface area contributed by atoms with Crippen molar-refractivity contribution in [3.8, 4) is 5.69 Å². The van der Waals surface area contributed by atoms with Crippen molar-refractivity contribution in [2.45, 2.75) is 25.3 Å². The molecule has 4 rings (SSSR count). The van der Waals surface area contributed by atoms with Gasteiger partial charge in [-0.3, -0.25) is 9.59 Å². The molecule has 7 heteroatoms. The van der Waals surface area contributed by atoms with Crippen LogP contribution < -0.4 is 5.32 Å². The highest BCUT2D eigenvalue weighted by Gasteiger charge is 2.32. The average molecular weight is 392 g/mol. The van der Waals surface area contributed by atoms with Gasteiger partial charge in [0.05, 0.1) is 0 Å². The van der Waals surface area contributed by atoms with E-state index in [0.717, 1.165) is 18.4 Å². The van der Waals surface area contributed by atoms with Crippen molar-refractivity contribution in [2.24, 2.45) is 0 Å². The van der Waals surface area contributed by atoms with Crippen LogP contribution in [0.25, 0.3) is 5.69 Å². The SMILES string of the molecule is O=C(Nc1ccc(-n2cccn2)c(F)c1)[C@@H](c1ccccc1)N1CCCCC1=O. The van der Waals surface area contributed by atoms with Crippen molar-refractivity contribution in [1.82, 2.24) is 14.7 Å². The van der Waals surface area contributed by atoms with E-state index in [1.807, 2.05) is 30.3 Å². The standard InChI is InChI=1S/C22H21FN4O2/c23-18-15-17(10-11-19(18)27-14-6-12-24-27)25-22(29)21(16-7-2-1-3-8-16)26-13-5-4-9-20(26)28/h1-3,6-8,10-12,14-15,21H,4-5,9,13H2,(H,25,29)/t21-/m1/s1. The van der Waals surface area contributed by atoms with Crippen LogP contribution in [-0.4, -0.2) is 33.0 Å². The number of likely N-dealkylation sites (tertiary alicyclic amines) is 1. The molecule has 0 aliphatic carbocycles. The summed E-state index contributed by atoms with van der Waals surface area (Å²) >= 11 is 0. The molecule has 6 nitrogen and oxygen atoms in total. The van der Waals surface area contributed by atoms with Gasteiger partial charge in [-0.15, -0.1) is 0 Å². The Hall–Kier alpha value is -3.48. The predicted molar refractivity (Wildman–Crippen MR) is 107 cm³/mol. The Morgan fingerprint density at radius 2 is 1.93 bits per heavy atom. The van der Waals surface area contributed by atoms with Crippen molar-refractivity contribution in [2.75, 3.05) is 11.9 Å². The van der Waals surface area contributed by atoms with E-state index in [4.69, 9.17) is 0 Å². The van der Waals surface area contributed by atoms with Crippen molar-refractivity contribution < 1.29 is 14.0 Å². The number of benzene rings is 2. The van der Waals surface area contributed by atoms with E-state index in [-0.39, 0.29) is 11.8 Å². The van der Waals surface area contributed by atoms with Crippen LogP contribution in [0.4, 0.5) is 10.1 Å². The molecule has 1 aromatic heterocycles. The highest BCUT2D eigenvalue weighted by molar-refractivity contribution is 5.98. The Morgan fingerprint density at radius 1 is 1.10 bits per heavy atom. The molecule has 0 saturated carbocycles. The summed E-state index contributed by atoms with van der Waals surface area (Å²) < 4.78 is 15.9. The van der Waals surface area contributed by atoms with E-state index in [1.165, 1.54) is 10.7 Å². The molecule has 3 aromatic rings. The van der Waals surface area contributed by atoms with Gasteiger partial charge in [0, 0.05) is 31.0 Å². The Kier molecular flexibility index (Phi) is 5.37. The number of halogens is 1. The van der Waals surface area contributed by atoms with E-state index in [9.17, 15) is 14.0 Å². The van der Waals surface area contributed by atoms with Gasteiger partial charge in [0.25, 0.3) is 5.91 Å². The summed E-state index contributed by atoms with van der Waals surface area (Å²) in [4.78, 5) is 27.2. The minimum atomic E-state index is -0.752. The van der Waals surface area contributed by atoms with E-state index in [1.54, 1.807) is 35.5 Å². The lowest BCUT2D eigenvalue weighted by molar-refractivity contribution is -0.141. The van der Waals surface area contributed by atoms with Crippen molar-refractivity contribution in [3.05, 3.63) is 78.4 Å². The van der Waals surface area contributed by atoms with Gasteiger partial charge in [0.1, 0.15) is 11.7 Å². The first-order valence-electron chi connectivity index (χ1n) is 9.58. The summed E-state index contributed by atoms with van der Waals surface area (Å²) in [5, 5.41) is 6.79. The number of piperidine rings is 1. The maximum Gasteiger partial charge on any atom is 0.251 e. The van der Waals surface area contributed by atoms with Gasteiger partial charge in [-0.05, 0) is 42.7 Å². The maximum atomic E-state index is 14.5. The van der Waals surface area contributed by atoms with Gasteiger partial charge in [-0.25, -0.2) is 9.07 Å². The van der Waals surface area contributed by atoms with E-state index in [2.05, 4.69) is 10.4 Å². The third kappa shape index (κ3) is 4.03. The molecule has 0 radical (unpaired) electrons. The number of carbonyl (C=O) groups is 2. The fourth-order valence-corrected chi connectivity index (χ4v) is 3.60. The molecule has 1 aliphatic rings. The Morgan fingerprint density at radius 3 is 2.62 bits per heavy atom. The number of carbonyl (C=O) groups excluding carboxylic acids is 2. The van der Waals surface area contributed by atoms with Crippen LogP contribution in [0.15, 0.2) is 67.0 Å². The zero-order valence-corrected chi connectivity index (χ0v) is 15.8. The van der Waals surface area contributed by atoms with Gasteiger partial charge in [0.2, 0.25) is 5.91 Å². The molecule has 1 atom stereocenters. The van der Waals surface area contributed by atoms with Gasteiger partial charge in [-0.2, -0.15) is 5.10 Å². The summed E-state index contributed by atoms with van der Waals surface area (Å²) in [6.07, 6.45) is 5.33. The lowest BCUT2D eigenvalue weighted by Gasteiger charge is -2.34. The van der Waals surface area contributed by atoms with Gasteiger partial charge < -0.3 is 10.2 Å². The molecule has 2 aromatic carbocycles. The molecule has 29 heavy (non-hydrogen) atoms. The number of aromatic nitrogens is 2. The molecule has 0 bridgehead atoms. The Labute approximate surface area is 167 Å². The van der Waals surface area contributed by atoms with Gasteiger partial charge in [-0.1, -0.05) is 30.3 Å². The van der Waals surface area contributed by atoms with Crippen molar-refractivity contribution >= 4 is 17.5 Å². The molecule has 0 unspecified atom stereocenters. The monoisotopic (exact) mass is 392 g/mol. The number of anilines is 1. The molecular formula is C22H21FN4O2. The number of amides is 2. The Balaban J connectivity index is 1.60. The number of hydrogen-bond acceptors (Lipinski definition) is 3. The molecule has 1 fully saturated rings. The van der Waals surface area contributed by atoms with Crippen molar-refractivity contribution in [3.63, 3.8) is 0 Å². The summed E-state index contributed by atoms with van der Waals surface area (Å²) in [7, 11) is 0. The van der Waals surface area contributed by atoms with Crippen LogP contribution in [0, 0.1) is 5.82 Å². The topological polar surface area (TPSA) is 67.2 Å². The highest BCUT2D eigenvalue weighted by Crippen LogP contribution is 2.27. The number of rotatable bonds is 5. The summed E-state index contributed by atoms with van der Waals surface area (Å²) in [6, 6.07) is 14.6. The van der Waals surface area contributed by atoms with Crippen LogP contribution in [0.5, 0.6) is 0 Å². The smallest absolute Gasteiger partial charge is 0.251 e. The molecule has 148 valence electrons. The quantitative estimate of drug-likeness (QED) is 0.720. The predicted octanol–water partition coefficient (Wildman–Crippen LogP) is 3.70. The summed E-state index contributed by atoms with van der Waals surface area (Å²) in [6.45, 7) is 0.526. The normalized spacial score (nSPS) is 15.2.